The summed E-state index contributed by atoms with van der Waals surface area (Å²) < 4.78 is 18.5. The average molecular weight is 277 g/mol. The maximum atomic E-state index is 13.1. The second-order valence-corrected chi connectivity index (χ2v) is 4.05. The molecule has 0 aliphatic carbocycles. The molecule has 0 spiro atoms. The highest BCUT2D eigenvalue weighted by Gasteiger charge is 2.17. The van der Waals surface area contributed by atoms with Crippen LogP contribution in [0.15, 0.2) is 42.5 Å². The van der Waals surface area contributed by atoms with Gasteiger partial charge in [0.05, 0.1) is 11.0 Å². The first-order valence-corrected chi connectivity index (χ1v) is 5.92. The van der Waals surface area contributed by atoms with Crippen LogP contribution in [0.2, 0.25) is 0 Å². The van der Waals surface area contributed by atoms with E-state index in [9.17, 15) is 14.5 Å². The van der Waals surface area contributed by atoms with Crippen molar-refractivity contribution in [2.45, 2.75) is 6.42 Å². The van der Waals surface area contributed by atoms with Crippen LogP contribution in [-0.4, -0.2) is 16.6 Å². The van der Waals surface area contributed by atoms with E-state index in [1.165, 1.54) is 6.07 Å². The van der Waals surface area contributed by atoms with Crippen LogP contribution in [0, 0.1) is 15.9 Å². The van der Waals surface area contributed by atoms with Gasteiger partial charge >= 0.3 is 5.69 Å². The fourth-order valence-corrected chi connectivity index (χ4v) is 1.77. The Balaban J connectivity index is 2.37. The van der Waals surface area contributed by atoms with Gasteiger partial charge in [-0.1, -0.05) is 18.2 Å². The maximum absolute atomic E-state index is 13.1. The number of hydrogen-bond acceptors (Lipinski definition) is 4. The van der Waals surface area contributed by atoms with Gasteiger partial charge in [0.15, 0.2) is 0 Å². The molecule has 0 radical (unpaired) electrons. The highest BCUT2D eigenvalue weighted by molar-refractivity contribution is 5.49. The van der Waals surface area contributed by atoms with Crippen molar-refractivity contribution >= 4 is 5.69 Å². The number of aliphatic hydroxyl groups is 1. The number of nitro groups is 1. The number of halogens is 1. The zero-order valence-corrected chi connectivity index (χ0v) is 10.5. The van der Waals surface area contributed by atoms with Crippen LogP contribution < -0.4 is 4.74 Å². The molecule has 0 aliphatic rings. The lowest BCUT2D eigenvalue weighted by molar-refractivity contribution is -0.385. The lowest BCUT2D eigenvalue weighted by atomic mass is 10.1. The zero-order chi connectivity index (χ0) is 14.5. The lowest BCUT2D eigenvalue weighted by Gasteiger charge is -2.10. The Morgan fingerprint density at radius 2 is 1.95 bits per heavy atom. The van der Waals surface area contributed by atoms with Gasteiger partial charge in [0, 0.05) is 6.61 Å². The molecule has 2 aromatic carbocycles. The molecule has 0 aromatic heterocycles. The molecule has 6 heteroatoms. The highest BCUT2D eigenvalue weighted by atomic mass is 19.1. The minimum Gasteiger partial charge on any atom is -0.450 e. The summed E-state index contributed by atoms with van der Waals surface area (Å²) in [7, 11) is 0. The van der Waals surface area contributed by atoms with Gasteiger partial charge in [-0.3, -0.25) is 10.1 Å². The molecular weight excluding hydrogens is 265 g/mol. The van der Waals surface area contributed by atoms with E-state index in [1.807, 2.05) is 0 Å². The standard InChI is InChI=1S/C14H12FNO4/c15-11-5-6-14(12(9-11)16(18)19)20-13-4-2-1-3-10(13)7-8-17/h1-6,9,17H,7-8H2. The number of para-hydroxylation sites is 1. The number of benzene rings is 2. The SMILES string of the molecule is O=[N+]([O-])c1cc(F)ccc1Oc1ccccc1CCO. The Kier molecular flexibility index (Phi) is 4.27. The van der Waals surface area contributed by atoms with Crippen LogP contribution >= 0.6 is 0 Å². The van der Waals surface area contributed by atoms with Crippen molar-refractivity contribution in [3.63, 3.8) is 0 Å². The summed E-state index contributed by atoms with van der Waals surface area (Å²) in [6, 6.07) is 9.99. The molecule has 0 atom stereocenters. The van der Waals surface area contributed by atoms with Crippen molar-refractivity contribution in [3.8, 4) is 11.5 Å². The van der Waals surface area contributed by atoms with Crippen molar-refractivity contribution < 1.29 is 19.2 Å². The van der Waals surface area contributed by atoms with Crippen molar-refractivity contribution in [1.82, 2.24) is 0 Å². The third-order valence-electron chi connectivity index (χ3n) is 2.69. The van der Waals surface area contributed by atoms with Gasteiger partial charge in [0.1, 0.15) is 11.6 Å². The largest absolute Gasteiger partial charge is 0.450 e. The fraction of sp³-hybridized carbons (Fsp3) is 0.143. The van der Waals surface area contributed by atoms with Crippen molar-refractivity contribution in [1.29, 1.82) is 0 Å². The Labute approximate surface area is 114 Å². The Morgan fingerprint density at radius 1 is 1.20 bits per heavy atom. The second-order valence-electron chi connectivity index (χ2n) is 4.05. The molecule has 1 N–H and O–H groups in total. The number of nitro benzene ring substituents is 1. The van der Waals surface area contributed by atoms with Gasteiger partial charge < -0.3 is 9.84 Å². The van der Waals surface area contributed by atoms with Gasteiger partial charge in [-0.25, -0.2) is 4.39 Å². The van der Waals surface area contributed by atoms with Crippen LogP contribution in [-0.2, 0) is 6.42 Å². The number of hydrogen-bond donors (Lipinski definition) is 1. The molecule has 5 nitrogen and oxygen atoms in total. The summed E-state index contributed by atoms with van der Waals surface area (Å²) in [4.78, 5) is 10.2. The molecule has 0 aliphatic heterocycles. The van der Waals surface area contributed by atoms with E-state index >= 15 is 0 Å². The van der Waals surface area contributed by atoms with E-state index in [2.05, 4.69) is 0 Å². The molecule has 0 bridgehead atoms. The predicted molar refractivity (Wildman–Crippen MR) is 70.4 cm³/mol. The summed E-state index contributed by atoms with van der Waals surface area (Å²) in [5.41, 5.74) is 0.275. The van der Waals surface area contributed by atoms with Crippen LogP contribution in [0.3, 0.4) is 0 Å². The first-order valence-electron chi connectivity index (χ1n) is 5.92. The van der Waals surface area contributed by atoms with Gasteiger partial charge in [-0.15, -0.1) is 0 Å². The first-order chi connectivity index (χ1) is 9.61. The van der Waals surface area contributed by atoms with Crippen molar-refractivity contribution in [2.24, 2.45) is 0 Å². The summed E-state index contributed by atoms with van der Waals surface area (Å²) >= 11 is 0. The minimum absolute atomic E-state index is 0.0400. The average Bonchev–Trinajstić information content (AvgIpc) is 2.43. The predicted octanol–water partition coefficient (Wildman–Crippen LogP) is 3.06. The normalized spacial score (nSPS) is 10.3. The highest BCUT2D eigenvalue weighted by Crippen LogP contribution is 2.33. The molecule has 2 aromatic rings. The zero-order valence-electron chi connectivity index (χ0n) is 10.5. The third-order valence-corrected chi connectivity index (χ3v) is 2.69. The first kappa shape index (κ1) is 14.0. The van der Waals surface area contributed by atoms with E-state index in [4.69, 9.17) is 9.84 Å². The van der Waals surface area contributed by atoms with E-state index < -0.39 is 16.4 Å². The third kappa shape index (κ3) is 3.10. The van der Waals surface area contributed by atoms with Gasteiger partial charge in [-0.05, 0) is 30.2 Å². The summed E-state index contributed by atoms with van der Waals surface area (Å²) in [5, 5.41) is 19.9. The maximum Gasteiger partial charge on any atom is 0.314 e. The molecule has 0 amide bonds. The molecule has 2 rings (SSSR count). The Bertz CT molecular complexity index is 630. The molecule has 0 heterocycles. The van der Waals surface area contributed by atoms with Crippen LogP contribution in [0.4, 0.5) is 10.1 Å². The number of ether oxygens (including phenoxy) is 1. The smallest absolute Gasteiger partial charge is 0.314 e. The van der Waals surface area contributed by atoms with Crippen molar-refractivity contribution in [3.05, 3.63) is 64.0 Å². The Hall–Kier alpha value is -2.47. The van der Waals surface area contributed by atoms with Crippen LogP contribution in [0.25, 0.3) is 0 Å². The van der Waals surface area contributed by atoms with Crippen LogP contribution in [0.5, 0.6) is 11.5 Å². The fourth-order valence-electron chi connectivity index (χ4n) is 1.77. The summed E-state index contributed by atoms with van der Waals surface area (Å²) in [6.45, 7) is -0.0636. The van der Waals surface area contributed by atoms with E-state index in [0.717, 1.165) is 12.1 Å². The molecular formula is C14H12FNO4. The summed E-state index contributed by atoms with van der Waals surface area (Å²) in [6.07, 6.45) is 0.366. The van der Waals surface area contributed by atoms with Gasteiger partial charge in [-0.2, -0.15) is 0 Å². The minimum atomic E-state index is -0.701. The van der Waals surface area contributed by atoms with Crippen molar-refractivity contribution in [2.75, 3.05) is 6.61 Å². The molecule has 0 saturated carbocycles. The molecule has 0 fully saturated rings. The van der Waals surface area contributed by atoms with E-state index in [0.29, 0.717) is 17.7 Å². The molecule has 0 saturated heterocycles. The van der Waals surface area contributed by atoms with Gasteiger partial charge in [0.2, 0.25) is 5.75 Å². The van der Waals surface area contributed by atoms with Crippen LogP contribution in [0.1, 0.15) is 5.56 Å². The quantitative estimate of drug-likeness (QED) is 0.673. The lowest BCUT2D eigenvalue weighted by Crippen LogP contribution is -1.98. The van der Waals surface area contributed by atoms with Gasteiger partial charge in [0.25, 0.3) is 0 Å². The monoisotopic (exact) mass is 277 g/mol. The number of rotatable bonds is 5. The molecule has 0 unspecified atom stereocenters. The number of aliphatic hydroxyl groups excluding tert-OH is 1. The molecule has 20 heavy (non-hydrogen) atoms. The van der Waals surface area contributed by atoms with E-state index in [-0.39, 0.29) is 12.4 Å². The summed E-state index contributed by atoms with van der Waals surface area (Å²) in [5.74, 6) is -0.342. The molecule has 104 valence electrons. The number of nitrogens with zero attached hydrogens (tertiary/aromatic N) is 1. The second kappa shape index (κ2) is 6.12. The van der Waals surface area contributed by atoms with E-state index in [1.54, 1.807) is 24.3 Å². The topological polar surface area (TPSA) is 72.6 Å². The Morgan fingerprint density at radius 3 is 2.65 bits per heavy atom.